The summed E-state index contributed by atoms with van der Waals surface area (Å²) in [5.74, 6) is 0.890. The predicted octanol–water partition coefficient (Wildman–Crippen LogP) is 4.08. The first-order valence-electron chi connectivity index (χ1n) is 7.83. The fourth-order valence-corrected chi connectivity index (χ4v) is 3.03. The highest BCUT2D eigenvalue weighted by molar-refractivity contribution is 7.71. The second-order valence-corrected chi connectivity index (χ2v) is 7.31. The Morgan fingerprint density at radius 1 is 1.32 bits per heavy atom. The summed E-state index contributed by atoms with van der Waals surface area (Å²) in [6.45, 7) is 8.28. The number of benzene rings is 1. The van der Waals surface area contributed by atoms with E-state index in [1.54, 1.807) is 0 Å². The van der Waals surface area contributed by atoms with Gasteiger partial charge in [-0.05, 0) is 36.0 Å². The maximum absolute atomic E-state index is 5.73. The lowest BCUT2D eigenvalue weighted by molar-refractivity contribution is 0.0970. The predicted molar refractivity (Wildman–Crippen MR) is 90.5 cm³/mol. The Hall–Kier alpha value is -1.46. The van der Waals surface area contributed by atoms with Gasteiger partial charge in [0.25, 0.3) is 0 Å². The van der Waals surface area contributed by atoms with Gasteiger partial charge in [0.15, 0.2) is 10.6 Å². The molecular formula is C17H23N3OS. The molecule has 1 aromatic heterocycles. The van der Waals surface area contributed by atoms with Crippen molar-refractivity contribution in [3.8, 4) is 11.4 Å². The number of hydrogen-bond donors (Lipinski definition) is 1. The molecule has 0 saturated carbocycles. The van der Waals surface area contributed by atoms with Crippen LogP contribution in [0.5, 0.6) is 0 Å². The molecule has 3 rings (SSSR count). The van der Waals surface area contributed by atoms with E-state index in [2.05, 4.69) is 59.8 Å². The molecule has 0 bridgehead atoms. The standard InChI is InChI=1S/C17H23N3OS/c1-17(2,3)13-8-6-12(7-9-13)15-18-19-16(22)20(15)11-14-5-4-10-21-14/h6-9,14H,4-5,10-11H2,1-3H3,(H,19,22)/t14-/m1/s1. The third kappa shape index (κ3) is 3.15. The summed E-state index contributed by atoms with van der Waals surface area (Å²) in [7, 11) is 0. The van der Waals surface area contributed by atoms with E-state index in [-0.39, 0.29) is 11.5 Å². The second-order valence-electron chi connectivity index (χ2n) is 6.93. The van der Waals surface area contributed by atoms with Gasteiger partial charge in [-0.25, -0.2) is 0 Å². The maximum atomic E-state index is 5.73. The number of ether oxygens (including phenoxy) is 1. The molecule has 0 radical (unpaired) electrons. The number of nitrogens with one attached hydrogen (secondary N) is 1. The van der Waals surface area contributed by atoms with E-state index in [9.17, 15) is 0 Å². The van der Waals surface area contributed by atoms with Crippen LogP contribution in [-0.2, 0) is 16.7 Å². The van der Waals surface area contributed by atoms with E-state index in [4.69, 9.17) is 17.0 Å². The molecule has 22 heavy (non-hydrogen) atoms. The summed E-state index contributed by atoms with van der Waals surface area (Å²) in [5.41, 5.74) is 2.55. The van der Waals surface area contributed by atoms with Gasteiger partial charge in [0.05, 0.1) is 12.6 Å². The molecule has 118 valence electrons. The number of aromatic nitrogens is 3. The van der Waals surface area contributed by atoms with E-state index in [0.29, 0.717) is 4.77 Å². The van der Waals surface area contributed by atoms with Crippen molar-refractivity contribution in [1.29, 1.82) is 0 Å². The van der Waals surface area contributed by atoms with Crippen molar-refractivity contribution in [3.05, 3.63) is 34.6 Å². The van der Waals surface area contributed by atoms with Crippen molar-refractivity contribution in [1.82, 2.24) is 14.8 Å². The summed E-state index contributed by atoms with van der Waals surface area (Å²) in [6.07, 6.45) is 2.47. The average molecular weight is 317 g/mol. The Morgan fingerprint density at radius 3 is 2.64 bits per heavy atom. The zero-order valence-electron chi connectivity index (χ0n) is 13.4. The Kier molecular flexibility index (Phi) is 4.19. The van der Waals surface area contributed by atoms with Gasteiger partial charge in [-0.2, -0.15) is 5.10 Å². The molecule has 1 aliphatic rings. The highest BCUT2D eigenvalue weighted by Crippen LogP contribution is 2.26. The van der Waals surface area contributed by atoms with Gasteiger partial charge >= 0.3 is 0 Å². The van der Waals surface area contributed by atoms with Crippen LogP contribution in [0.4, 0.5) is 0 Å². The molecular weight excluding hydrogens is 294 g/mol. The van der Waals surface area contributed by atoms with Gasteiger partial charge in [-0.3, -0.25) is 9.67 Å². The van der Waals surface area contributed by atoms with Crippen LogP contribution in [0, 0.1) is 4.77 Å². The first-order chi connectivity index (χ1) is 10.4. The van der Waals surface area contributed by atoms with Gasteiger partial charge in [-0.1, -0.05) is 45.0 Å². The lowest BCUT2D eigenvalue weighted by Gasteiger charge is -2.19. The zero-order chi connectivity index (χ0) is 15.7. The SMILES string of the molecule is CC(C)(C)c1ccc(-c2n[nH]c(=S)n2C[C@H]2CCCO2)cc1. The quantitative estimate of drug-likeness (QED) is 0.867. The van der Waals surface area contributed by atoms with E-state index >= 15 is 0 Å². The highest BCUT2D eigenvalue weighted by atomic mass is 32.1. The number of H-pyrrole nitrogens is 1. The fraction of sp³-hybridized carbons (Fsp3) is 0.529. The van der Waals surface area contributed by atoms with Crippen LogP contribution in [0.3, 0.4) is 0 Å². The van der Waals surface area contributed by atoms with Crippen LogP contribution in [0.25, 0.3) is 11.4 Å². The van der Waals surface area contributed by atoms with Crippen molar-refractivity contribution in [2.75, 3.05) is 6.61 Å². The van der Waals surface area contributed by atoms with Crippen LogP contribution in [-0.4, -0.2) is 27.5 Å². The molecule has 5 heteroatoms. The molecule has 1 atom stereocenters. The minimum Gasteiger partial charge on any atom is -0.376 e. The Bertz CT molecular complexity index is 688. The molecule has 1 saturated heterocycles. The van der Waals surface area contributed by atoms with Crippen LogP contribution < -0.4 is 0 Å². The first kappa shape index (κ1) is 15.4. The van der Waals surface area contributed by atoms with Gasteiger partial charge in [-0.15, -0.1) is 0 Å². The molecule has 2 heterocycles. The van der Waals surface area contributed by atoms with E-state index < -0.39 is 0 Å². The van der Waals surface area contributed by atoms with Crippen LogP contribution in [0.15, 0.2) is 24.3 Å². The monoisotopic (exact) mass is 317 g/mol. The maximum Gasteiger partial charge on any atom is 0.195 e. The largest absolute Gasteiger partial charge is 0.376 e. The molecule has 1 aliphatic heterocycles. The van der Waals surface area contributed by atoms with Gasteiger partial charge < -0.3 is 4.74 Å². The van der Waals surface area contributed by atoms with Crippen LogP contribution >= 0.6 is 12.2 Å². The Morgan fingerprint density at radius 2 is 2.05 bits per heavy atom. The number of aromatic amines is 1. The van der Waals surface area contributed by atoms with Crippen LogP contribution in [0.2, 0.25) is 0 Å². The summed E-state index contributed by atoms with van der Waals surface area (Å²) >= 11 is 5.38. The number of hydrogen-bond acceptors (Lipinski definition) is 3. The third-order valence-corrected chi connectivity index (χ3v) is 4.49. The Balaban J connectivity index is 1.90. The number of nitrogens with zero attached hydrogens (tertiary/aromatic N) is 2. The summed E-state index contributed by atoms with van der Waals surface area (Å²) < 4.78 is 8.44. The molecule has 0 spiro atoms. The van der Waals surface area contributed by atoms with Crippen molar-refractivity contribution >= 4 is 12.2 Å². The molecule has 0 unspecified atom stereocenters. The van der Waals surface area contributed by atoms with Crippen LogP contribution in [0.1, 0.15) is 39.2 Å². The lowest BCUT2D eigenvalue weighted by Crippen LogP contribution is -2.16. The highest BCUT2D eigenvalue weighted by Gasteiger charge is 2.19. The first-order valence-corrected chi connectivity index (χ1v) is 8.24. The molecule has 0 aliphatic carbocycles. The average Bonchev–Trinajstić information content (AvgIpc) is 3.10. The van der Waals surface area contributed by atoms with Crippen molar-refractivity contribution in [3.63, 3.8) is 0 Å². The van der Waals surface area contributed by atoms with Gasteiger partial charge in [0, 0.05) is 12.2 Å². The van der Waals surface area contributed by atoms with Crippen molar-refractivity contribution in [2.24, 2.45) is 0 Å². The molecule has 1 N–H and O–H groups in total. The molecule has 1 fully saturated rings. The minimum absolute atomic E-state index is 0.154. The number of rotatable bonds is 3. The molecule has 0 amide bonds. The second kappa shape index (κ2) is 5.97. The molecule has 1 aromatic carbocycles. The minimum atomic E-state index is 0.154. The van der Waals surface area contributed by atoms with E-state index in [1.807, 2.05) is 0 Å². The summed E-state index contributed by atoms with van der Waals surface area (Å²) in [4.78, 5) is 0. The van der Waals surface area contributed by atoms with Gasteiger partial charge in [0.2, 0.25) is 0 Å². The molecule has 2 aromatic rings. The van der Waals surface area contributed by atoms with Crippen molar-refractivity contribution < 1.29 is 4.74 Å². The van der Waals surface area contributed by atoms with E-state index in [0.717, 1.165) is 37.4 Å². The fourth-order valence-electron chi connectivity index (χ4n) is 2.82. The van der Waals surface area contributed by atoms with Crippen molar-refractivity contribution in [2.45, 2.75) is 51.7 Å². The van der Waals surface area contributed by atoms with Gasteiger partial charge in [0.1, 0.15) is 0 Å². The van der Waals surface area contributed by atoms with E-state index in [1.165, 1.54) is 5.56 Å². The normalized spacial score (nSPS) is 18.8. The smallest absolute Gasteiger partial charge is 0.195 e. The lowest BCUT2D eigenvalue weighted by atomic mass is 9.87. The third-order valence-electron chi connectivity index (χ3n) is 4.18. The zero-order valence-corrected chi connectivity index (χ0v) is 14.2. The molecule has 4 nitrogen and oxygen atoms in total. The topological polar surface area (TPSA) is 42.8 Å². The summed E-state index contributed by atoms with van der Waals surface area (Å²) in [5, 5.41) is 7.32. The summed E-state index contributed by atoms with van der Waals surface area (Å²) in [6, 6.07) is 8.59. The Labute approximate surface area is 136 Å².